The van der Waals surface area contributed by atoms with Crippen LogP contribution in [0.3, 0.4) is 0 Å². The molecule has 6 nitrogen and oxygen atoms in total. The lowest BCUT2D eigenvalue weighted by molar-refractivity contribution is 0.425. The molecular formula is C21H19N5O. The van der Waals surface area contributed by atoms with Crippen LogP contribution in [-0.2, 0) is 0 Å². The third kappa shape index (κ3) is 3.84. The van der Waals surface area contributed by atoms with E-state index in [1.807, 2.05) is 36.4 Å². The fourth-order valence-electron chi connectivity index (χ4n) is 2.93. The lowest BCUT2D eigenvalue weighted by Gasteiger charge is -2.20. The number of aryl methyl sites for hydroxylation is 2. The smallest absolute Gasteiger partial charge is 0.258 e. The van der Waals surface area contributed by atoms with Gasteiger partial charge in [0.15, 0.2) is 5.82 Å². The van der Waals surface area contributed by atoms with E-state index in [4.69, 9.17) is 4.52 Å². The summed E-state index contributed by atoms with van der Waals surface area (Å²) in [6.45, 7) is 3.87. The standard InChI is InChI=1S/C21H19N5O/c1-14-6-5-7-16(12-14)20(18-8-3-4-10-22-18)25-19-13-17(9-11-23-19)21-24-15(2)26-27-21/h3-13,20H,1-2H3,(H,23,25). The van der Waals surface area contributed by atoms with Crippen molar-refractivity contribution in [1.29, 1.82) is 0 Å². The molecule has 0 aliphatic heterocycles. The van der Waals surface area contributed by atoms with E-state index >= 15 is 0 Å². The van der Waals surface area contributed by atoms with Crippen LogP contribution in [0.1, 0.15) is 28.7 Å². The second-order valence-corrected chi connectivity index (χ2v) is 6.32. The number of benzene rings is 1. The molecule has 6 heteroatoms. The van der Waals surface area contributed by atoms with Gasteiger partial charge in [-0.05, 0) is 43.7 Å². The van der Waals surface area contributed by atoms with E-state index in [0.717, 1.165) is 16.8 Å². The molecule has 0 radical (unpaired) electrons. The number of nitrogens with one attached hydrogen (secondary N) is 1. The van der Waals surface area contributed by atoms with Crippen LogP contribution in [-0.4, -0.2) is 20.1 Å². The molecule has 1 N–H and O–H groups in total. The van der Waals surface area contributed by atoms with E-state index in [-0.39, 0.29) is 6.04 Å². The normalized spacial score (nSPS) is 11.9. The van der Waals surface area contributed by atoms with Gasteiger partial charge in [0.1, 0.15) is 5.82 Å². The maximum Gasteiger partial charge on any atom is 0.258 e. The summed E-state index contributed by atoms with van der Waals surface area (Å²) < 4.78 is 5.27. The molecule has 0 saturated heterocycles. The highest BCUT2D eigenvalue weighted by Gasteiger charge is 2.17. The number of pyridine rings is 2. The van der Waals surface area contributed by atoms with Crippen molar-refractivity contribution in [1.82, 2.24) is 20.1 Å². The minimum atomic E-state index is -0.127. The lowest BCUT2D eigenvalue weighted by atomic mass is 10.0. The molecule has 27 heavy (non-hydrogen) atoms. The summed E-state index contributed by atoms with van der Waals surface area (Å²) in [5, 5.41) is 7.34. The van der Waals surface area contributed by atoms with Gasteiger partial charge in [0, 0.05) is 18.0 Å². The van der Waals surface area contributed by atoms with Gasteiger partial charge in [-0.2, -0.15) is 4.98 Å². The van der Waals surface area contributed by atoms with Crippen LogP contribution in [0.25, 0.3) is 11.5 Å². The van der Waals surface area contributed by atoms with Crippen molar-refractivity contribution < 1.29 is 4.52 Å². The Kier molecular flexibility index (Phi) is 4.61. The van der Waals surface area contributed by atoms with Gasteiger partial charge in [-0.15, -0.1) is 0 Å². The van der Waals surface area contributed by atoms with Crippen molar-refractivity contribution in [2.75, 3.05) is 5.32 Å². The molecule has 1 atom stereocenters. The second-order valence-electron chi connectivity index (χ2n) is 6.32. The van der Waals surface area contributed by atoms with Gasteiger partial charge < -0.3 is 9.84 Å². The number of hydrogen-bond donors (Lipinski definition) is 1. The van der Waals surface area contributed by atoms with Crippen molar-refractivity contribution in [3.05, 3.63) is 89.6 Å². The molecule has 0 amide bonds. The number of hydrogen-bond acceptors (Lipinski definition) is 6. The van der Waals surface area contributed by atoms with E-state index in [0.29, 0.717) is 17.5 Å². The Bertz CT molecular complexity index is 1050. The first-order valence-electron chi connectivity index (χ1n) is 8.70. The van der Waals surface area contributed by atoms with E-state index in [2.05, 4.69) is 50.5 Å². The number of anilines is 1. The first kappa shape index (κ1) is 16.9. The highest BCUT2D eigenvalue weighted by Crippen LogP contribution is 2.27. The molecule has 134 valence electrons. The number of rotatable bonds is 5. The molecule has 4 aromatic rings. The van der Waals surface area contributed by atoms with Crippen LogP contribution in [0, 0.1) is 13.8 Å². The van der Waals surface area contributed by atoms with Crippen molar-refractivity contribution in [2.24, 2.45) is 0 Å². The molecule has 1 aromatic carbocycles. The van der Waals surface area contributed by atoms with Crippen LogP contribution >= 0.6 is 0 Å². The van der Waals surface area contributed by atoms with Crippen molar-refractivity contribution in [2.45, 2.75) is 19.9 Å². The van der Waals surface area contributed by atoms with Crippen molar-refractivity contribution in [3.63, 3.8) is 0 Å². The summed E-state index contributed by atoms with van der Waals surface area (Å²) >= 11 is 0. The molecule has 0 bridgehead atoms. The van der Waals surface area contributed by atoms with Crippen LogP contribution in [0.15, 0.2) is 71.5 Å². The van der Waals surface area contributed by atoms with Gasteiger partial charge in [0.2, 0.25) is 0 Å². The number of aromatic nitrogens is 4. The summed E-state index contributed by atoms with van der Waals surface area (Å²) in [6.07, 6.45) is 3.52. The van der Waals surface area contributed by atoms with Gasteiger partial charge in [0.25, 0.3) is 5.89 Å². The fourth-order valence-corrected chi connectivity index (χ4v) is 2.93. The van der Waals surface area contributed by atoms with E-state index in [9.17, 15) is 0 Å². The average Bonchev–Trinajstić information content (AvgIpc) is 3.13. The lowest BCUT2D eigenvalue weighted by Crippen LogP contribution is -2.14. The predicted octanol–water partition coefficient (Wildman–Crippen LogP) is 4.34. The van der Waals surface area contributed by atoms with Gasteiger partial charge in [-0.1, -0.05) is 41.1 Å². The predicted molar refractivity (Wildman–Crippen MR) is 103 cm³/mol. The molecule has 0 spiro atoms. The van der Waals surface area contributed by atoms with Crippen molar-refractivity contribution in [3.8, 4) is 11.5 Å². The van der Waals surface area contributed by atoms with Gasteiger partial charge in [-0.25, -0.2) is 4.98 Å². The highest BCUT2D eigenvalue weighted by atomic mass is 16.5. The molecule has 0 aliphatic carbocycles. The van der Waals surface area contributed by atoms with Crippen molar-refractivity contribution >= 4 is 5.82 Å². The molecule has 1 unspecified atom stereocenters. The SMILES string of the molecule is Cc1cccc(C(Nc2cc(-c3nc(C)no3)ccn2)c2ccccn2)c1. The Morgan fingerprint density at radius 1 is 0.926 bits per heavy atom. The number of nitrogens with zero attached hydrogens (tertiary/aromatic N) is 4. The third-order valence-electron chi connectivity index (χ3n) is 4.19. The van der Waals surface area contributed by atoms with E-state index in [1.165, 1.54) is 5.56 Å². The summed E-state index contributed by atoms with van der Waals surface area (Å²) in [5.74, 6) is 1.78. The van der Waals surface area contributed by atoms with Gasteiger partial charge >= 0.3 is 0 Å². The molecule has 4 rings (SSSR count). The zero-order chi connectivity index (χ0) is 18.6. The van der Waals surface area contributed by atoms with Crippen LogP contribution in [0.4, 0.5) is 5.82 Å². The summed E-state index contributed by atoms with van der Waals surface area (Å²) in [4.78, 5) is 13.3. The maximum absolute atomic E-state index is 5.27. The van der Waals surface area contributed by atoms with Crippen LogP contribution in [0.2, 0.25) is 0 Å². The van der Waals surface area contributed by atoms with Gasteiger partial charge in [0.05, 0.1) is 11.7 Å². The molecule has 3 heterocycles. The van der Waals surface area contributed by atoms with E-state index < -0.39 is 0 Å². The molecule has 0 aliphatic rings. The largest absolute Gasteiger partial charge is 0.358 e. The average molecular weight is 357 g/mol. The fraction of sp³-hybridized carbons (Fsp3) is 0.143. The molecule has 0 fully saturated rings. The molecule has 0 saturated carbocycles. The first-order chi connectivity index (χ1) is 13.2. The summed E-state index contributed by atoms with van der Waals surface area (Å²) in [7, 11) is 0. The monoisotopic (exact) mass is 357 g/mol. The zero-order valence-corrected chi connectivity index (χ0v) is 15.1. The third-order valence-corrected chi connectivity index (χ3v) is 4.19. The Labute approximate surface area is 157 Å². The highest BCUT2D eigenvalue weighted by molar-refractivity contribution is 5.58. The minimum absolute atomic E-state index is 0.127. The Morgan fingerprint density at radius 2 is 1.85 bits per heavy atom. The van der Waals surface area contributed by atoms with E-state index in [1.54, 1.807) is 19.3 Å². The maximum atomic E-state index is 5.27. The Hall–Kier alpha value is -3.54. The summed E-state index contributed by atoms with van der Waals surface area (Å²) in [5.41, 5.74) is 4.05. The second kappa shape index (κ2) is 7.37. The molecular weight excluding hydrogens is 338 g/mol. The van der Waals surface area contributed by atoms with Gasteiger partial charge in [-0.3, -0.25) is 4.98 Å². The Balaban J connectivity index is 1.70. The minimum Gasteiger partial charge on any atom is -0.358 e. The zero-order valence-electron chi connectivity index (χ0n) is 15.1. The molecule has 3 aromatic heterocycles. The van der Waals surface area contributed by atoms with Crippen LogP contribution < -0.4 is 5.32 Å². The quantitative estimate of drug-likeness (QED) is 0.572. The first-order valence-corrected chi connectivity index (χ1v) is 8.70. The Morgan fingerprint density at radius 3 is 2.59 bits per heavy atom. The topological polar surface area (TPSA) is 76.7 Å². The summed E-state index contributed by atoms with van der Waals surface area (Å²) in [6, 6.07) is 17.9. The van der Waals surface area contributed by atoms with Crippen LogP contribution in [0.5, 0.6) is 0 Å².